The van der Waals surface area contributed by atoms with Gasteiger partial charge in [0, 0.05) is 30.2 Å². The molecule has 8 heteroatoms. The number of hydrogen-bond donors (Lipinski definition) is 1. The number of benzene rings is 1. The second-order valence-corrected chi connectivity index (χ2v) is 4.84. The van der Waals surface area contributed by atoms with Gasteiger partial charge in [-0.1, -0.05) is 6.07 Å². The smallest absolute Gasteiger partial charge is 0.436 e. The third-order valence-electron chi connectivity index (χ3n) is 3.39. The topological polar surface area (TPSA) is 56.1 Å². The fourth-order valence-electron chi connectivity index (χ4n) is 2.36. The molecule has 1 N–H and O–H groups in total. The highest BCUT2D eigenvalue weighted by atomic mass is 19.4. The molecule has 3 rings (SSSR count). The van der Waals surface area contributed by atoms with Crippen molar-refractivity contribution in [1.29, 1.82) is 0 Å². The first-order valence-electron chi connectivity index (χ1n) is 6.57. The largest absolute Gasteiger partial charge is 0.490 e. The fraction of sp³-hybridized carbons (Fsp3) is 0.286. The monoisotopic (exact) mass is 311 g/mol. The molecule has 5 nitrogen and oxygen atoms in total. The molecule has 1 aromatic carbocycles. The molecular weight excluding hydrogens is 299 g/mol. The maximum Gasteiger partial charge on any atom is 0.490 e. The number of alkyl halides is 3. The van der Waals surface area contributed by atoms with Crippen LogP contribution in [0.4, 0.5) is 13.2 Å². The van der Waals surface area contributed by atoms with Crippen LogP contribution in [0, 0.1) is 0 Å². The van der Waals surface area contributed by atoms with Gasteiger partial charge >= 0.3 is 12.1 Å². The second kappa shape index (κ2) is 5.45. The lowest BCUT2D eigenvalue weighted by molar-refractivity contribution is -0.207. The van der Waals surface area contributed by atoms with Gasteiger partial charge in [-0.05, 0) is 24.1 Å². The zero-order valence-electron chi connectivity index (χ0n) is 11.3. The maximum absolute atomic E-state index is 12.3. The molecule has 2 aromatic rings. The Kier molecular flexibility index (Phi) is 3.61. The highest BCUT2D eigenvalue weighted by molar-refractivity contribution is 5.76. The summed E-state index contributed by atoms with van der Waals surface area (Å²) in [5.74, 6) is -2.20. The molecular formula is C14H12F3N3O2. The van der Waals surface area contributed by atoms with Crippen molar-refractivity contribution in [3.63, 3.8) is 0 Å². The van der Waals surface area contributed by atoms with E-state index in [1.165, 1.54) is 0 Å². The molecule has 2 heterocycles. The van der Waals surface area contributed by atoms with Gasteiger partial charge in [0.1, 0.15) is 0 Å². The molecule has 0 radical (unpaired) electrons. The number of nitrogens with zero attached hydrogens (tertiary/aromatic N) is 2. The van der Waals surface area contributed by atoms with E-state index in [0.29, 0.717) is 18.5 Å². The van der Waals surface area contributed by atoms with Crippen molar-refractivity contribution in [3.05, 3.63) is 48.0 Å². The Bertz CT molecular complexity index is 683. The minimum Gasteiger partial charge on any atom is -0.436 e. The van der Waals surface area contributed by atoms with Crippen LogP contribution in [0.15, 0.2) is 36.9 Å². The number of halogens is 3. The Hall–Kier alpha value is -2.35. The number of rotatable bonds is 2. The molecule has 0 spiro atoms. The Morgan fingerprint density at radius 3 is 2.91 bits per heavy atom. The lowest BCUT2D eigenvalue weighted by Gasteiger charge is -2.27. The lowest BCUT2D eigenvalue weighted by atomic mass is 9.99. The molecule has 0 fully saturated rings. The first kappa shape index (κ1) is 14.6. The Balaban J connectivity index is 1.86. The molecule has 0 amide bonds. The van der Waals surface area contributed by atoms with E-state index >= 15 is 0 Å². The maximum atomic E-state index is 12.3. The number of ether oxygens (including phenoxy) is 1. The number of imidazole rings is 1. The third kappa shape index (κ3) is 2.82. The minimum absolute atomic E-state index is 0.427. The van der Waals surface area contributed by atoms with Crippen molar-refractivity contribution < 1.29 is 22.7 Å². The van der Waals surface area contributed by atoms with Crippen LogP contribution >= 0.6 is 0 Å². The van der Waals surface area contributed by atoms with E-state index in [0.717, 1.165) is 11.3 Å². The third-order valence-corrected chi connectivity index (χ3v) is 3.39. The molecule has 116 valence electrons. The molecule has 1 aliphatic rings. The number of hydrogen-bond acceptors (Lipinski definition) is 4. The van der Waals surface area contributed by atoms with Gasteiger partial charge in [-0.3, -0.25) is 5.32 Å². The van der Waals surface area contributed by atoms with Crippen LogP contribution in [0.25, 0.3) is 5.69 Å². The van der Waals surface area contributed by atoms with Crippen LogP contribution in [0.1, 0.15) is 17.4 Å². The summed E-state index contributed by atoms with van der Waals surface area (Å²) in [6, 6.07) is 5.25. The number of esters is 1. The van der Waals surface area contributed by atoms with Gasteiger partial charge in [-0.15, -0.1) is 0 Å². The summed E-state index contributed by atoms with van der Waals surface area (Å²) in [7, 11) is 0. The molecule has 1 aromatic heterocycles. The van der Waals surface area contributed by atoms with Gasteiger partial charge in [0.2, 0.25) is 0 Å². The molecule has 22 heavy (non-hydrogen) atoms. The number of carbonyl (C=O) groups is 1. The van der Waals surface area contributed by atoms with Gasteiger partial charge in [0.15, 0.2) is 6.23 Å². The normalized spacial score (nSPS) is 17.9. The summed E-state index contributed by atoms with van der Waals surface area (Å²) in [6.45, 7) is 0.427. The zero-order chi connectivity index (χ0) is 15.7. The van der Waals surface area contributed by atoms with Crippen molar-refractivity contribution in [2.75, 3.05) is 6.54 Å². The van der Waals surface area contributed by atoms with Gasteiger partial charge in [-0.25, -0.2) is 9.78 Å². The summed E-state index contributed by atoms with van der Waals surface area (Å²) in [4.78, 5) is 14.9. The van der Waals surface area contributed by atoms with E-state index in [1.54, 1.807) is 35.4 Å². The molecule has 1 aliphatic heterocycles. The zero-order valence-corrected chi connectivity index (χ0v) is 11.3. The van der Waals surface area contributed by atoms with E-state index < -0.39 is 18.4 Å². The van der Waals surface area contributed by atoms with Crippen LogP contribution in [0.5, 0.6) is 0 Å². The summed E-state index contributed by atoms with van der Waals surface area (Å²) in [6.07, 6.45) is -0.425. The molecule has 1 unspecified atom stereocenters. The van der Waals surface area contributed by atoms with E-state index in [-0.39, 0.29) is 0 Å². The Morgan fingerprint density at radius 1 is 1.41 bits per heavy atom. The van der Waals surface area contributed by atoms with Crippen molar-refractivity contribution in [1.82, 2.24) is 14.9 Å². The standard InChI is InChI=1S/C14H12F3N3O2/c15-14(16,17)13(21)22-12-11-2-1-10(20-6-5-18-8-20)7-9(11)3-4-19-12/h1-2,5-8,12,19H,3-4H2. The summed E-state index contributed by atoms with van der Waals surface area (Å²) >= 11 is 0. The van der Waals surface area contributed by atoms with Crippen LogP contribution in [0.2, 0.25) is 0 Å². The quantitative estimate of drug-likeness (QED) is 0.863. The molecule has 0 saturated carbocycles. The van der Waals surface area contributed by atoms with Crippen molar-refractivity contribution >= 4 is 5.97 Å². The second-order valence-electron chi connectivity index (χ2n) is 4.84. The van der Waals surface area contributed by atoms with Gasteiger partial charge in [0.05, 0.1) is 6.33 Å². The summed E-state index contributed by atoms with van der Waals surface area (Å²) in [5, 5.41) is 2.77. The SMILES string of the molecule is O=C(OC1NCCc2cc(-n3ccnc3)ccc21)C(F)(F)F. The van der Waals surface area contributed by atoms with Gasteiger partial charge in [0.25, 0.3) is 0 Å². The van der Waals surface area contributed by atoms with Crippen LogP contribution in [0.3, 0.4) is 0 Å². The molecule has 0 saturated heterocycles. The highest BCUT2D eigenvalue weighted by Gasteiger charge is 2.43. The number of carbonyl (C=O) groups excluding carboxylic acids is 1. The molecule has 1 atom stereocenters. The van der Waals surface area contributed by atoms with E-state index in [1.807, 2.05) is 6.07 Å². The van der Waals surface area contributed by atoms with Crippen LogP contribution in [-0.2, 0) is 16.0 Å². The van der Waals surface area contributed by atoms with Gasteiger partial charge < -0.3 is 9.30 Å². The van der Waals surface area contributed by atoms with Crippen molar-refractivity contribution in [2.24, 2.45) is 0 Å². The summed E-state index contributed by atoms with van der Waals surface area (Å²) < 4.78 is 43.3. The Labute approximate surface area is 123 Å². The molecule has 0 bridgehead atoms. The average Bonchev–Trinajstić information content (AvgIpc) is 3.00. The first-order valence-corrected chi connectivity index (χ1v) is 6.57. The lowest BCUT2D eigenvalue weighted by Crippen LogP contribution is -2.36. The predicted molar refractivity (Wildman–Crippen MR) is 70.2 cm³/mol. The van der Waals surface area contributed by atoms with Crippen LogP contribution in [-0.4, -0.2) is 28.2 Å². The predicted octanol–water partition coefficient (Wildman–Crippen LogP) is 2.12. The average molecular weight is 311 g/mol. The first-order chi connectivity index (χ1) is 10.4. The van der Waals surface area contributed by atoms with Gasteiger partial charge in [-0.2, -0.15) is 13.2 Å². The van der Waals surface area contributed by atoms with E-state index in [2.05, 4.69) is 15.0 Å². The summed E-state index contributed by atoms with van der Waals surface area (Å²) in [5.41, 5.74) is 2.22. The number of aromatic nitrogens is 2. The highest BCUT2D eigenvalue weighted by Crippen LogP contribution is 2.28. The Morgan fingerprint density at radius 2 is 2.23 bits per heavy atom. The van der Waals surface area contributed by atoms with E-state index in [9.17, 15) is 18.0 Å². The fourth-order valence-corrected chi connectivity index (χ4v) is 2.36. The molecule has 0 aliphatic carbocycles. The van der Waals surface area contributed by atoms with Crippen molar-refractivity contribution in [2.45, 2.75) is 18.8 Å². The van der Waals surface area contributed by atoms with Crippen LogP contribution < -0.4 is 5.32 Å². The minimum atomic E-state index is -5.00. The van der Waals surface area contributed by atoms with Crippen molar-refractivity contribution in [3.8, 4) is 5.69 Å². The van der Waals surface area contributed by atoms with E-state index in [4.69, 9.17) is 0 Å². The number of fused-ring (bicyclic) bond motifs is 1. The number of nitrogens with one attached hydrogen (secondary N) is 1.